The first kappa shape index (κ1) is 17.3. The molecule has 12 heavy (non-hydrogen) atoms. The fourth-order valence-electron chi connectivity index (χ4n) is 0.459. The van der Waals surface area contributed by atoms with Gasteiger partial charge in [-0.15, -0.1) is 0 Å². The van der Waals surface area contributed by atoms with Crippen LogP contribution in [0.2, 0.25) is 0 Å². The molecule has 0 radical (unpaired) electrons. The number of hydrogen-bond acceptors (Lipinski definition) is 1. The van der Waals surface area contributed by atoms with Crippen LogP contribution in [0.15, 0.2) is 29.4 Å². The van der Waals surface area contributed by atoms with Crippen molar-refractivity contribution in [1.29, 1.82) is 0 Å². The lowest BCUT2D eigenvalue weighted by molar-refractivity contribution is 1.14. The Balaban J connectivity index is -0.000000249. The van der Waals surface area contributed by atoms with Gasteiger partial charge in [-0.25, -0.2) is 0 Å². The summed E-state index contributed by atoms with van der Waals surface area (Å²) < 4.78 is 0. The molecule has 0 rings (SSSR count). The van der Waals surface area contributed by atoms with Crippen molar-refractivity contribution < 1.29 is 0 Å². The Morgan fingerprint density at radius 1 is 1.42 bits per heavy atom. The molecule has 0 aromatic carbocycles. The fraction of sp³-hybridized carbons (Fsp3) is 0.545. The van der Waals surface area contributed by atoms with Crippen molar-refractivity contribution in [2.75, 3.05) is 0 Å². The molecular formula is C11H23N. The lowest BCUT2D eigenvalue weighted by atomic mass is 10.2. The normalized spacial score (nSPS) is 9.83. The number of allylic oxidation sites excluding steroid dienone is 2. The minimum atomic E-state index is 0. The van der Waals surface area contributed by atoms with E-state index in [2.05, 4.69) is 18.5 Å². The Bertz CT molecular complexity index is 132. The molecule has 0 aliphatic rings. The molecule has 0 amide bonds. The van der Waals surface area contributed by atoms with Crippen LogP contribution in [0, 0.1) is 0 Å². The van der Waals surface area contributed by atoms with Gasteiger partial charge in [0.1, 0.15) is 0 Å². The molecule has 72 valence electrons. The van der Waals surface area contributed by atoms with Crippen molar-refractivity contribution in [3.05, 3.63) is 24.4 Å². The van der Waals surface area contributed by atoms with Gasteiger partial charge in [-0.2, -0.15) is 0 Å². The Labute approximate surface area is 77.9 Å². The van der Waals surface area contributed by atoms with Gasteiger partial charge in [0.2, 0.25) is 0 Å². The van der Waals surface area contributed by atoms with Gasteiger partial charge < -0.3 is 0 Å². The van der Waals surface area contributed by atoms with Crippen LogP contribution in [-0.2, 0) is 0 Å². The van der Waals surface area contributed by atoms with Crippen molar-refractivity contribution in [2.24, 2.45) is 4.99 Å². The Morgan fingerprint density at radius 2 is 1.92 bits per heavy atom. The molecule has 0 aromatic heterocycles. The van der Waals surface area contributed by atoms with E-state index in [-0.39, 0.29) is 7.43 Å². The van der Waals surface area contributed by atoms with Gasteiger partial charge in [0.05, 0.1) is 0 Å². The number of aliphatic imine (C=N–C) groups is 1. The van der Waals surface area contributed by atoms with Crippen LogP contribution in [0.4, 0.5) is 0 Å². The number of hydrogen-bond donors (Lipinski definition) is 0. The van der Waals surface area contributed by atoms with Gasteiger partial charge in [-0.3, -0.25) is 4.99 Å². The van der Waals surface area contributed by atoms with Gasteiger partial charge in [-0.05, 0) is 18.9 Å². The van der Waals surface area contributed by atoms with Gasteiger partial charge in [0.25, 0.3) is 0 Å². The summed E-state index contributed by atoms with van der Waals surface area (Å²) in [5, 5.41) is 0. The minimum Gasteiger partial charge on any atom is -0.269 e. The summed E-state index contributed by atoms with van der Waals surface area (Å²) >= 11 is 0. The summed E-state index contributed by atoms with van der Waals surface area (Å²) in [4.78, 5) is 3.96. The molecule has 0 aliphatic carbocycles. The molecule has 0 saturated heterocycles. The van der Waals surface area contributed by atoms with Crippen LogP contribution in [0.25, 0.3) is 0 Å². The second-order valence-electron chi connectivity index (χ2n) is 1.67. The molecule has 0 N–H and O–H groups in total. The van der Waals surface area contributed by atoms with E-state index in [4.69, 9.17) is 0 Å². The van der Waals surface area contributed by atoms with E-state index in [1.165, 1.54) is 5.57 Å². The van der Waals surface area contributed by atoms with Crippen LogP contribution in [0.5, 0.6) is 0 Å². The number of rotatable bonds is 3. The van der Waals surface area contributed by atoms with Crippen LogP contribution >= 0.6 is 0 Å². The third-order valence-electron chi connectivity index (χ3n) is 1.06. The molecule has 0 aliphatic heterocycles. The predicted octanol–water partition coefficient (Wildman–Crippen LogP) is 4.22. The molecular weight excluding hydrogens is 146 g/mol. The molecule has 0 atom stereocenters. The summed E-state index contributed by atoms with van der Waals surface area (Å²) in [6, 6.07) is 0. The number of nitrogens with zero attached hydrogens (tertiary/aromatic N) is 1. The van der Waals surface area contributed by atoms with E-state index in [0.29, 0.717) is 0 Å². The Hall–Kier alpha value is -0.850. The molecule has 0 fully saturated rings. The van der Waals surface area contributed by atoms with Crippen molar-refractivity contribution in [2.45, 2.75) is 41.5 Å². The van der Waals surface area contributed by atoms with Crippen molar-refractivity contribution >= 4 is 6.21 Å². The van der Waals surface area contributed by atoms with E-state index >= 15 is 0 Å². The summed E-state index contributed by atoms with van der Waals surface area (Å²) in [5.74, 6) is 0. The highest BCUT2D eigenvalue weighted by atomic mass is 14.7. The molecule has 0 aromatic rings. The first-order chi connectivity index (χ1) is 5.35. The smallest absolute Gasteiger partial charge is 0.0295 e. The maximum absolute atomic E-state index is 3.96. The second kappa shape index (κ2) is 16.6. The van der Waals surface area contributed by atoms with Gasteiger partial charge >= 0.3 is 0 Å². The molecule has 1 nitrogen and oxygen atoms in total. The first-order valence-corrected chi connectivity index (χ1v) is 4.14. The fourth-order valence-corrected chi connectivity index (χ4v) is 0.459. The molecule has 0 unspecified atom stereocenters. The summed E-state index contributed by atoms with van der Waals surface area (Å²) in [6.07, 6.45) is 6.42. The van der Waals surface area contributed by atoms with Crippen LogP contribution < -0.4 is 0 Å². The van der Waals surface area contributed by atoms with Crippen molar-refractivity contribution in [1.82, 2.24) is 0 Å². The summed E-state index contributed by atoms with van der Waals surface area (Å²) in [6.45, 7) is 11.6. The van der Waals surface area contributed by atoms with Crippen LogP contribution in [-0.4, -0.2) is 6.21 Å². The van der Waals surface area contributed by atoms with E-state index in [1.807, 2.05) is 33.0 Å². The molecule has 0 saturated carbocycles. The molecule has 1 heteroatoms. The highest BCUT2D eigenvalue weighted by Crippen LogP contribution is 1.99. The third kappa shape index (κ3) is 11.9. The molecule has 0 heterocycles. The summed E-state index contributed by atoms with van der Waals surface area (Å²) in [5.41, 5.74) is 1.17. The summed E-state index contributed by atoms with van der Waals surface area (Å²) in [7, 11) is 0. The topological polar surface area (TPSA) is 12.4 Å². The average molecular weight is 169 g/mol. The zero-order chi connectivity index (χ0) is 9.11. The maximum Gasteiger partial charge on any atom is 0.0295 e. The van der Waals surface area contributed by atoms with E-state index < -0.39 is 0 Å². The standard InChI is InChI=1S/C8H13N.C2H6.CH4/c1-4-8(5-2)7-9-6-3;1-2;/h4,6-7H,1,5H2,2-3H3;1-2H3;1H4/b8-7+,9-6?;;. The van der Waals surface area contributed by atoms with E-state index in [1.54, 1.807) is 6.21 Å². The van der Waals surface area contributed by atoms with E-state index in [9.17, 15) is 0 Å². The molecule has 0 bridgehead atoms. The first-order valence-electron chi connectivity index (χ1n) is 4.14. The van der Waals surface area contributed by atoms with Crippen LogP contribution in [0.1, 0.15) is 41.5 Å². The monoisotopic (exact) mass is 169 g/mol. The lowest BCUT2D eigenvalue weighted by Crippen LogP contribution is -1.70. The minimum absolute atomic E-state index is 0. The van der Waals surface area contributed by atoms with Crippen LogP contribution in [0.3, 0.4) is 0 Å². The SMILES string of the molecule is C.C=C/C(=C\N=CC)CC.CC. The average Bonchev–Trinajstić information content (AvgIpc) is 2.10. The largest absolute Gasteiger partial charge is 0.269 e. The zero-order valence-electron chi connectivity index (χ0n) is 8.09. The van der Waals surface area contributed by atoms with Crippen molar-refractivity contribution in [3.63, 3.8) is 0 Å². The Morgan fingerprint density at radius 3 is 2.17 bits per heavy atom. The molecule has 0 spiro atoms. The maximum atomic E-state index is 3.96. The van der Waals surface area contributed by atoms with Gasteiger partial charge in [0, 0.05) is 12.4 Å². The van der Waals surface area contributed by atoms with E-state index in [0.717, 1.165) is 6.42 Å². The Kier molecular flexibility index (Phi) is 24.0. The highest BCUT2D eigenvalue weighted by Gasteiger charge is 1.80. The third-order valence-corrected chi connectivity index (χ3v) is 1.06. The van der Waals surface area contributed by atoms with Gasteiger partial charge in [0.15, 0.2) is 0 Å². The second-order valence-corrected chi connectivity index (χ2v) is 1.67. The zero-order valence-corrected chi connectivity index (χ0v) is 8.09. The lowest BCUT2D eigenvalue weighted by Gasteiger charge is -1.89. The highest BCUT2D eigenvalue weighted by molar-refractivity contribution is 5.54. The predicted molar refractivity (Wildman–Crippen MR) is 60.8 cm³/mol. The quantitative estimate of drug-likeness (QED) is 0.443. The van der Waals surface area contributed by atoms with Gasteiger partial charge in [-0.1, -0.05) is 40.9 Å². The van der Waals surface area contributed by atoms with Crippen molar-refractivity contribution in [3.8, 4) is 0 Å².